The highest BCUT2D eigenvalue weighted by molar-refractivity contribution is 5.88. The van der Waals surface area contributed by atoms with Crippen molar-refractivity contribution in [2.75, 3.05) is 6.61 Å². The van der Waals surface area contributed by atoms with E-state index >= 15 is 0 Å². The molecule has 4 nitrogen and oxygen atoms in total. The number of imidazole rings is 1. The Hall–Kier alpha value is -2.10. The van der Waals surface area contributed by atoms with Crippen molar-refractivity contribution in [3.8, 4) is 0 Å². The number of ether oxygens (including phenoxy) is 1. The van der Waals surface area contributed by atoms with Gasteiger partial charge in [-0.2, -0.15) is 0 Å². The van der Waals surface area contributed by atoms with Gasteiger partial charge in [-0.1, -0.05) is 18.7 Å². The number of aromatic nitrogens is 2. The molecule has 0 aliphatic carbocycles. The van der Waals surface area contributed by atoms with Crippen LogP contribution in [0.2, 0.25) is 0 Å². The van der Waals surface area contributed by atoms with Crippen molar-refractivity contribution in [3.63, 3.8) is 0 Å². The monoisotopic (exact) mass is 244 g/mol. The van der Waals surface area contributed by atoms with E-state index in [9.17, 15) is 4.79 Å². The Kier molecular flexibility index (Phi) is 3.46. The number of hydrogen-bond acceptors (Lipinski definition) is 3. The van der Waals surface area contributed by atoms with Crippen molar-refractivity contribution in [2.24, 2.45) is 0 Å². The second-order valence-corrected chi connectivity index (χ2v) is 4.06. The van der Waals surface area contributed by atoms with Crippen molar-refractivity contribution < 1.29 is 9.53 Å². The van der Waals surface area contributed by atoms with Gasteiger partial charge in [0.05, 0.1) is 24.2 Å². The van der Waals surface area contributed by atoms with Crippen LogP contribution >= 0.6 is 0 Å². The number of esters is 1. The number of carbonyl (C=O) groups excluding carboxylic acids is 1. The van der Waals surface area contributed by atoms with Crippen molar-refractivity contribution in [2.45, 2.75) is 20.4 Å². The van der Waals surface area contributed by atoms with Gasteiger partial charge in [-0.25, -0.2) is 9.78 Å². The fourth-order valence-corrected chi connectivity index (χ4v) is 1.88. The van der Waals surface area contributed by atoms with Crippen molar-refractivity contribution in [1.29, 1.82) is 0 Å². The Morgan fingerprint density at radius 3 is 2.89 bits per heavy atom. The first kappa shape index (κ1) is 12.4. The third kappa shape index (κ3) is 2.27. The van der Waals surface area contributed by atoms with Gasteiger partial charge in [0, 0.05) is 5.57 Å². The summed E-state index contributed by atoms with van der Waals surface area (Å²) in [5, 5.41) is 0. The lowest BCUT2D eigenvalue weighted by atomic mass is 10.2. The summed E-state index contributed by atoms with van der Waals surface area (Å²) < 4.78 is 6.90. The van der Waals surface area contributed by atoms with Gasteiger partial charge in [-0.05, 0) is 26.0 Å². The minimum absolute atomic E-state index is 0.352. The van der Waals surface area contributed by atoms with Crippen LogP contribution in [0.1, 0.15) is 12.7 Å². The molecule has 0 aliphatic heterocycles. The lowest BCUT2D eigenvalue weighted by Crippen LogP contribution is -2.13. The maximum Gasteiger partial charge on any atom is 0.335 e. The van der Waals surface area contributed by atoms with Crippen molar-refractivity contribution in [3.05, 3.63) is 42.2 Å². The van der Waals surface area contributed by atoms with E-state index in [2.05, 4.69) is 11.6 Å². The Morgan fingerprint density at radius 2 is 2.17 bits per heavy atom. The fraction of sp³-hybridized carbons (Fsp3) is 0.286. The second kappa shape index (κ2) is 5.04. The van der Waals surface area contributed by atoms with Gasteiger partial charge < -0.3 is 9.30 Å². The SMILES string of the molecule is C=C(Cn1c(C)nc2ccccc21)C(=O)OCC. The molecule has 1 heterocycles. The van der Waals surface area contributed by atoms with Gasteiger partial charge in [0.15, 0.2) is 0 Å². The minimum Gasteiger partial charge on any atom is -0.463 e. The van der Waals surface area contributed by atoms with Gasteiger partial charge in [-0.3, -0.25) is 0 Å². The quantitative estimate of drug-likeness (QED) is 0.613. The number of hydrogen-bond donors (Lipinski definition) is 0. The molecule has 0 saturated carbocycles. The van der Waals surface area contributed by atoms with Crippen LogP contribution in [0.4, 0.5) is 0 Å². The molecular formula is C14H16N2O2. The van der Waals surface area contributed by atoms with Gasteiger partial charge in [-0.15, -0.1) is 0 Å². The largest absolute Gasteiger partial charge is 0.463 e. The van der Waals surface area contributed by atoms with Crippen LogP contribution < -0.4 is 0 Å². The molecule has 0 fully saturated rings. The van der Waals surface area contributed by atoms with Crippen LogP contribution in [0, 0.1) is 6.92 Å². The highest BCUT2D eigenvalue weighted by Gasteiger charge is 2.12. The standard InChI is InChI=1S/C14H16N2O2/c1-4-18-14(17)10(2)9-16-11(3)15-12-7-5-6-8-13(12)16/h5-8H,2,4,9H2,1,3H3. The number of nitrogens with zero attached hydrogens (tertiary/aromatic N) is 2. The molecule has 0 saturated heterocycles. The maximum atomic E-state index is 11.6. The van der Waals surface area contributed by atoms with E-state index in [0.717, 1.165) is 16.9 Å². The summed E-state index contributed by atoms with van der Waals surface area (Å²) in [4.78, 5) is 16.0. The average Bonchev–Trinajstić information content (AvgIpc) is 2.66. The second-order valence-electron chi connectivity index (χ2n) is 4.06. The molecule has 0 N–H and O–H groups in total. The predicted molar refractivity (Wildman–Crippen MR) is 70.2 cm³/mol. The molecule has 0 amide bonds. The lowest BCUT2D eigenvalue weighted by Gasteiger charge is -2.08. The molecule has 1 aromatic heterocycles. The van der Waals surface area contributed by atoms with Crippen LogP contribution in [0.3, 0.4) is 0 Å². The number of benzene rings is 1. The topological polar surface area (TPSA) is 44.1 Å². The Bertz CT molecular complexity index is 599. The number of carbonyl (C=O) groups is 1. The predicted octanol–water partition coefficient (Wildman–Crippen LogP) is 2.46. The molecule has 2 aromatic rings. The molecule has 0 spiro atoms. The average molecular weight is 244 g/mol. The van der Waals surface area contributed by atoms with Crippen LogP contribution in [0.5, 0.6) is 0 Å². The van der Waals surface area contributed by atoms with Crippen LogP contribution in [0.15, 0.2) is 36.4 Å². The van der Waals surface area contributed by atoms with E-state index in [-0.39, 0.29) is 5.97 Å². The Morgan fingerprint density at radius 1 is 1.44 bits per heavy atom. The third-order valence-corrected chi connectivity index (χ3v) is 2.76. The zero-order chi connectivity index (χ0) is 13.1. The molecular weight excluding hydrogens is 228 g/mol. The number of fused-ring (bicyclic) bond motifs is 1. The Labute approximate surface area is 106 Å². The lowest BCUT2D eigenvalue weighted by molar-refractivity contribution is -0.138. The van der Waals surface area contributed by atoms with Gasteiger partial charge in [0.1, 0.15) is 5.82 Å². The molecule has 18 heavy (non-hydrogen) atoms. The zero-order valence-electron chi connectivity index (χ0n) is 10.6. The first-order chi connectivity index (χ1) is 8.63. The van der Waals surface area contributed by atoms with Gasteiger partial charge in [0.2, 0.25) is 0 Å². The van der Waals surface area contributed by atoms with Gasteiger partial charge >= 0.3 is 5.97 Å². The molecule has 0 unspecified atom stereocenters. The number of para-hydroxylation sites is 2. The van der Waals surface area contributed by atoms with E-state index < -0.39 is 0 Å². The van der Waals surface area contributed by atoms with E-state index in [1.807, 2.05) is 35.8 Å². The summed E-state index contributed by atoms with van der Waals surface area (Å²) in [6.07, 6.45) is 0. The normalized spacial score (nSPS) is 10.6. The summed E-state index contributed by atoms with van der Waals surface area (Å²) in [6.45, 7) is 8.24. The van der Waals surface area contributed by atoms with Crippen molar-refractivity contribution >= 4 is 17.0 Å². The number of aryl methyl sites for hydroxylation is 1. The van der Waals surface area contributed by atoms with E-state index in [0.29, 0.717) is 18.7 Å². The van der Waals surface area contributed by atoms with Gasteiger partial charge in [0.25, 0.3) is 0 Å². The first-order valence-corrected chi connectivity index (χ1v) is 5.90. The molecule has 94 valence electrons. The summed E-state index contributed by atoms with van der Waals surface area (Å²) in [5.74, 6) is 0.510. The van der Waals surface area contributed by atoms with E-state index in [4.69, 9.17) is 4.74 Å². The summed E-state index contributed by atoms with van der Waals surface area (Å²) in [5.41, 5.74) is 2.36. The van der Waals surface area contributed by atoms with E-state index in [1.54, 1.807) is 6.92 Å². The summed E-state index contributed by atoms with van der Waals surface area (Å²) >= 11 is 0. The third-order valence-electron chi connectivity index (χ3n) is 2.76. The molecule has 0 bridgehead atoms. The Balaban J connectivity index is 2.29. The molecule has 2 rings (SSSR count). The summed E-state index contributed by atoms with van der Waals surface area (Å²) in [7, 11) is 0. The first-order valence-electron chi connectivity index (χ1n) is 5.90. The van der Waals surface area contributed by atoms with E-state index in [1.165, 1.54) is 0 Å². The van der Waals surface area contributed by atoms with Crippen molar-refractivity contribution in [1.82, 2.24) is 9.55 Å². The summed E-state index contributed by atoms with van der Waals surface area (Å²) in [6, 6.07) is 7.83. The van der Waals surface area contributed by atoms with Crippen LogP contribution in [-0.2, 0) is 16.1 Å². The smallest absolute Gasteiger partial charge is 0.335 e. The molecule has 0 aliphatic rings. The fourth-order valence-electron chi connectivity index (χ4n) is 1.88. The zero-order valence-corrected chi connectivity index (χ0v) is 10.6. The molecule has 1 aromatic carbocycles. The maximum absolute atomic E-state index is 11.6. The van der Waals surface area contributed by atoms with Crippen LogP contribution in [0.25, 0.3) is 11.0 Å². The minimum atomic E-state index is -0.352. The highest BCUT2D eigenvalue weighted by atomic mass is 16.5. The molecule has 4 heteroatoms. The number of rotatable bonds is 4. The molecule has 0 radical (unpaired) electrons. The molecule has 0 atom stereocenters. The van der Waals surface area contributed by atoms with Crippen LogP contribution in [-0.4, -0.2) is 22.1 Å². The highest BCUT2D eigenvalue weighted by Crippen LogP contribution is 2.16.